The predicted molar refractivity (Wildman–Crippen MR) is 85.6 cm³/mol. The summed E-state index contributed by atoms with van der Waals surface area (Å²) in [6.07, 6.45) is 3.09. The van der Waals surface area contributed by atoms with Gasteiger partial charge in [0.25, 0.3) is 10.0 Å². The first-order valence-corrected chi connectivity index (χ1v) is 9.26. The first-order chi connectivity index (χ1) is 9.87. The number of aromatic nitrogens is 1. The van der Waals surface area contributed by atoms with Gasteiger partial charge in [-0.2, -0.15) is 0 Å². The minimum Gasteiger partial charge on any atom is -0.255 e. The van der Waals surface area contributed by atoms with Crippen LogP contribution in [0.15, 0.2) is 17.0 Å². The molecule has 21 heavy (non-hydrogen) atoms. The van der Waals surface area contributed by atoms with Gasteiger partial charge in [0.2, 0.25) is 0 Å². The number of nitrogens with zero attached hydrogens (tertiary/aromatic N) is 1. The van der Waals surface area contributed by atoms with Crippen LogP contribution in [0.2, 0.25) is 0 Å². The molecule has 0 amide bonds. The van der Waals surface area contributed by atoms with Crippen LogP contribution in [0.4, 0.5) is 5.13 Å². The molecule has 0 bridgehead atoms. The van der Waals surface area contributed by atoms with Crippen LogP contribution < -0.4 is 4.72 Å². The van der Waals surface area contributed by atoms with E-state index >= 15 is 0 Å². The Kier molecular flexibility index (Phi) is 3.53. The van der Waals surface area contributed by atoms with E-state index in [4.69, 9.17) is 0 Å². The summed E-state index contributed by atoms with van der Waals surface area (Å²) in [5.41, 5.74) is 3.65. The molecule has 1 N–H and O–H groups in total. The van der Waals surface area contributed by atoms with Crippen LogP contribution in [0.1, 0.15) is 33.7 Å². The smallest absolute Gasteiger partial charge is 0.255 e. The van der Waals surface area contributed by atoms with E-state index in [2.05, 4.69) is 9.71 Å². The number of aryl methyl sites for hydroxylation is 5. The number of nitrogens with one attached hydrogen (secondary N) is 1. The average Bonchev–Trinajstić information content (AvgIpc) is 2.86. The maximum absolute atomic E-state index is 12.6. The van der Waals surface area contributed by atoms with Crippen molar-refractivity contribution in [3.63, 3.8) is 0 Å². The maximum Gasteiger partial charge on any atom is 0.264 e. The molecule has 0 aliphatic heterocycles. The minimum atomic E-state index is -3.58. The topological polar surface area (TPSA) is 59.1 Å². The van der Waals surface area contributed by atoms with Crippen LogP contribution in [0.5, 0.6) is 0 Å². The second-order valence-electron chi connectivity index (χ2n) is 5.58. The number of thiazole rings is 1. The molecule has 2 aromatic rings. The fourth-order valence-corrected chi connectivity index (χ4v) is 5.73. The van der Waals surface area contributed by atoms with Gasteiger partial charge in [0.1, 0.15) is 0 Å². The van der Waals surface area contributed by atoms with Gasteiger partial charge in [0, 0.05) is 4.88 Å². The van der Waals surface area contributed by atoms with Crippen molar-refractivity contribution in [2.75, 3.05) is 4.72 Å². The molecule has 3 rings (SSSR count). The Hall–Kier alpha value is -1.40. The number of fused-ring (bicyclic) bond motifs is 1. The van der Waals surface area contributed by atoms with E-state index in [9.17, 15) is 8.42 Å². The van der Waals surface area contributed by atoms with Gasteiger partial charge >= 0.3 is 0 Å². The molecule has 0 fully saturated rings. The lowest BCUT2D eigenvalue weighted by molar-refractivity contribution is 0.600. The fourth-order valence-electron chi connectivity index (χ4n) is 2.99. The third-order valence-corrected chi connectivity index (χ3v) is 6.54. The van der Waals surface area contributed by atoms with E-state index < -0.39 is 10.0 Å². The molecule has 1 heterocycles. The molecule has 0 atom stereocenters. The van der Waals surface area contributed by atoms with E-state index in [0.717, 1.165) is 41.6 Å². The summed E-state index contributed by atoms with van der Waals surface area (Å²) in [5.74, 6) is 0. The zero-order chi connectivity index (χ0) is 15.2. The third-order valence-electron chi connectivity index (χ3n) is 3.69. The number of hydrogen-bond acceptors (Lipinski definition) is 4. The molecule has 1 aliphatic rings. The van der Waals surface area contributed by atoms with Crippen LogP contribution in [0, 0.1) is 20.8 Å². The molecule has 112 valence electrons. The average molecular weight is 322 g/mol. The van der Waals surface area contributed by atoms with Crippen molar-refractivity contribution >= 4 is 26.5 Å². The van der Waals surface area contributed by atoms with Crippen LogP contribution in [-0.2, 0) is 22.9 Å². The normalized spacial score (nSPS) is 14.2. The minimum absolute atomic E-state index is 0.364. The Morgan fingerprint density at radius 1 is 1.14 bits per heavy atom. The van der Waals surface area contributed by atoms with Crippen LogP contribution >= 0.6 is 11.3 Å². The first-order valence-electron chi connectivity index (χ1n) is 6.96. The van der Waals surface area contributed by atoms with E-state index in [1.165, 1.54) is 16.2 Å². The van der Waals surface area contributed by atoms with Crippen molar-refractivity contribution in [2.45, 2.75) is 44.9 Å². The van der Waals surface area contributed by atoms with Gasteiger partial charge < -0.3 is 0 Å². The molecule has 1 aliphatic carbocycles. The second-order valence-corrected chi connectivity index (χ2v) is 8.28. The predicted octanol–water partition coefficient (Wildman–Crippen LogP) is 3.36. The molecular formula is C15H18N2O2S2. The Labute approximate surface area is 129 Å². The van der Waals surface area contributed by atoms with Crippen molar-refractivity contribution < 1.29 is 8.42 Å². The van der Waals surface area contributed by atoms with Crippen molar-refractivity contribution in [2.24, 2.45) is 0 Å². The summed E-state index contributed by atoms with van der Waals surface area (Å²) in [5, 5.41) is 0.485. The molecule has 1 aromatic carbocycles. The van der Waals surface area contributed by atoms with Crippen LogP contribution in [0.25, 0.3) is 0 Å². The van der Waals surface area contributed by atoms with E-state index in [1.54, 1.807) is 0 Å². The van der Waals surface area contributed by atoms with Gasteiger partial charge in [-0.1, -0.05) is 17.7 Å². The molecular weight excluding hydrogens is 304 g/mol. The lowest BCUT2D eigenvalue weighted by Crippen LogP contribution is -2.16. The first kappa shape index (κ1) is 14.5. The quantitative estimate of drug-likeness (QED) is 0.942. The largest absolute Gasteiger partial charge is 0.264 e. The summed E-state index contributed by atoms with van der Waals surface area (Å²) < 4.78 is 27.9. The maximum atomic E-state index is 12.6. The Morgan fingerprint density at radius 2 is 1.81 bits per heavy atom. The van der Waals surface area contributed by atoms with E-state index in [-0.39, 0.29) is 0 Å². The summed E-state index contributed by atoms with van der Waals surface area (Å²) in [6, 6.07) is 3.78. The summed E-state index contributed by atoms with van der Waals surface area (Å²) in [4.78, 5) is 5.98. The standard InChI is InChI=1S/C15H18N2O2S2/c1-9-7-10(2)14(11(3)8-9)21(18,19)17-15-16-12-5-4-6-13(12)20-15/h7-8H,4-6H2,1-3H3,(H,16,17). The number of rotatable bonds is 3. The SMILES string of the molecule is Cc1cc(C)c(S(=O)(=O)Nc2nc3c(s2)CCC3)c(C)c1. The van der Waals surface area contributed by atoms with Crippen LogP contribution in [-0.4, -0.2) is 13.4 Å². The fraction of sp³-hybridized carbons (Fsp3) is 0.400. The Morgan fingerprint density at radius 3 is 2.43 bits per heavy atom. The molecule has 6 heteroatoms. The third kappa shape index (κ3) is 2.70. The number of sulfonamides is 1. The molecule has 0 spiro atoms. The number of hydrogen-bond donors (Lipinski definition) is 1. The highest BCUT2D eigenvalue weighted by Gasteiger charge is 2.23. The van der Waals surface area contributed by atoms with Gasteiger partial charge in [-0.3, -0.25) is 4.72 Å². The monoisotopic (exact) mass is 322 g/mol. The lowest BCUT2D eigenvalue weighted by Gasteiger charge is -2.12. The van der Waals surface area contributed by atoms with Crippen molar-refractivity contribution in [1.82, 2.24) is 4.98 Å². The van der Waals surface area contributed by atoms with Crippen LogP contribution in [0.3, 0.4) is 0 Å². The zero-order valence-corrected chi connectivity index (χ0v) is 14.0. The lowest BCUT2D eigenvalue weighted by atomic mass is 10.1. The zero-order valence-electron chi connectivity index (χ0n) is 12.4. The highest BCUT2D eigenvalue weighted by atomic mass is 32.2. The number of anilines is 1. The van der Waals surface area contributed by atoms with E-state index in [1.807, 2.05) is 32.9 Å². The molecule has 4 nitrogen and oxygen atoms in total. The second kappa shape index (κ2) is 5.10. The summed E-state index contributed by atoms with van der Waals surface area (Å²) in [7, 11) is -3.58. The van der Waals surface area contributed by atoms with Gasteiger partial charge in [-0.15, -0.1) is 11.3 Å². The molecule has 1 aromatic heterocycles. The van der Waals surface area contributed by atoms with Crippen molar-refractivity contribution in [1.29, 1.82) is 0 Å². The molecule has 0 saturated heterocycles. The van der Waals surface area contributed by atoms with Gasteiger partial charge in [-0.25, -0.2) is 13.4 Å². The highest BCUT2D eigenvalue weighted by molar-refractivity contribution is 7.93. The van der Waals surface area contributed by atoms with Gasteiger partial charge in [-0.05, 0) is 51.2 Å². The highest BCUT2D eigenvalue weighted by Crippen LogP contribution is 2.32. The molecule has 0 saturated carbocycles. The van der Waals surface area contributed by atoms with Gasteiger partial charge in [0.05, 0.1) is 10.6 Å². The van der Waals surface area contributed by atoms with Gasteiger partial charge in [0.15, 0.2) is 5.13 Å². The van der Waals surface area contributed by atoms with Crippen molar-refractivity contribution in [3.8, 4) is 0 Å². The molecule has 0 radical (unpaired) electrons. The molecule has 0 unspecified atom stereocenters. The Bertz CT molecular complexity index is 763. The van der Waals surface area contributed by atoms with Crippen molar-refractivity contribution in [3.05, 3.63) is 39.4 Å². The Balaban J connectivity index is 1.97. The summed E-state index contributed by atoms with van der Waals surface area (Å²) in [6.45, 7) is 5.63. The van der Waals surface area contributed by atoms with E-state index in [0.29, 0.717) is 10.0 Å². The summed E-state index contributed by atoms with van der Waals surface area (Å²) >= 11 is 1.46. The number of benzene rings is 1.